The molecule has 0 heterocycles. The van der Waals surface area contributed by atoms with Crippen molar-refractivity contribution < 1.29 is 10.2 Å². The topological polar surface area (TPSA) is 40.5 Å². The maximum Gasteiger partial charge on any atom is 0.123 e. The summed E-state index contributed by atoms with van der Waals surface area (Å²) in [6.45, 7) is 10.5. The zero-order valence-electron chi connectivity index (χ0n) is 15.8. The molecule has 0 fully saturated rings. The van der Waals surface area contributed by atoms with Crippen molar-refractivity contribution in [3.63, 3.8) is 0 Å². The molecule has 0 aromatic heterocycles. The molecule has 0 atom stereocenters. The fourth-order valence-electron chi connectivity index (χ4n) is 2.66. The fourth-order valence-corrected chi connectivity index (χ4v) is 2.66. The Morgan fingerprint density at radius 1 is 0.875 bits per heavy atom. The number of phenols is 2. The number of rotatable bonds is 8. The molecule has 1 aromatic rings. The van der Waals surface area contributed by atoms with Gasteiger partial charge in [0.1, 0.15) is 11.5 Å². The van der Waals surface area contributed by atoms with Gasteiger partial charge in [-0.05, 0) is 78.4 Å². The average Bonchev–Trinajstić information content (AvgIpc) is 2.45. The van der Waals surface area contributed by atoms with E-state index >= 15 is 0 Å². The summed E-state index contributed by atoms with van der Waals surface area (Å²) in [5.41, 5.74) is 5.98. The molecule has 0 unspecified atom stereocenters. The van der Waals surface area contributed by atoms with Crippen LogP contribution < -0.4 is 0 Å². The van der Waals surface area contributed by atoms with E-state index in [1.807, 2.05) is 6.92 Å². The molecule has 24 heavy (non-hydrogen) atoms. The highest BCUT2D eigenvalue weighted by Gasteiger charge is 2.05. The minimum absolute atomic E-state index is 0.114. The smallest absolute Gasteiger partial charge is 0.123 e. The van der Waals surface area contributed by atoms with Crippen molar-refractivity contribution in [2.75, 3.05) is 0 Å². The highest BCUT2D eigenvalue weighted by molar-refractivity contribution is 5.45. The Kier molecular flexibility index (Phi) is 8.39. The SMILES string of the molecule is CC(C)=CCCC(C)=CCCC(C)=CCc1c(C)cc(O)cc1O. The molecular weight excluding hydrogens is 296 g/mol. The van der Waals surface area contributed by atoms with Crippen LogP contribution in [0.2, 0.25) is 0 Å². The van der Waals surface area contributed by atoms with E-state index in [1.165, 1.54) is 22.8 Å². The van der Waals surface area contributed by atoms with E-state index < -0.39 is 0 Å². The van der Waals surface area contributed by atoms with Crippen LogP contribution in [0.15, 0.2) is 47.1 Å². The Hall–Kier alpha value is -1.96. The van der Waals surface area contributed by atoms with Crippen LogP contribution in [-0.4, -0.2) is 10.2 Å². The van der Waals surface area contributed by atoms with Crippen LogP contribution in [0.1, 0.15) is 64.5 Å². The summed E-state index contributed by atoms with van der Waals surface area (Å²) in [5.74, 6) is 0.287. The average molecular weight is 328 g/mol. The van der Waals surface area contributed by atoms with Crippen LogP contribution in [0.3, 0.4) is 0 Å². The number of hydrogen-bond acceptors (Lipinski definition) is 2. The van der Waals surface area contributed by atoms with E-state index in [0.29, 0.717) is 6.42 Å². The predicted octanol–water partition coefficient (Wildman–Crippen LogP) is 6.37. The van der Waals surface area contributed by atoms with Crippen molar-refractivity contribution in [2.24, 2.45) is 0 Å². The number of aromatic hydroxyl groups is 2. The lowest BCUT2D eigenvalue weighted by Gasteiger charge is -2.08. The number of benzene rings is 1. The van der Waals surface area contributed by atoms with Crippen molar-refractivity contribution in [1.29, 1.82) is 0 Å². The Balaban J connectivity index is 2.49. The Morgan fingerprint density at radius 2 is 1.46 bits per heavy atom. The molecule has 0 spiro atoms. The summed E-state index contributed by atoms with van der Waals surface area (Å²) in [6.07, 6.45) is 11.8. The van der Waals surface area contributed by atoms with E-state index in [0.717, 1.165) is 36.8 Å². The highest BCUT2D eigenvalue weighted by atomic mass is 16.3. The van der Waals surface area contributed by atoms with Gasteiger partial charge in [-0.15, -0.1) is 0 Å². The third-order valence-electron chi connectivity index (χ3n) is 4.21. The zero-order chi connectivity index (χ0) is 18.1. The van der Waals surface area contributed by atoms with Gasteiger partial charge in [0.25, 0.3) is 0 Å². The van der Waals surface area contributed by atoms with E-state index in [-0.39, 0.29) is 11.5 Å². The predicted molar refractivity (Wildman–Crippen MR) is 104 cm³/mol. The van der Waals surface area contributed by atoms with Gasteiger partial charge in [0.05, 0.1) is 0 Å². The van der Waals surface area contributed by atoms with Crippen LogP contribution in [0.5, 0.6) is 11.5 Å². The van der Waals surface area contributed by atoms with Crippen molar-refractivity contribution in [3.8, 4) is 11.5 Å². The molecule has 0 aliphatic carbocycles. The van der Waals surface area contributed by atoms with Crippen LogP contribution in [-0.2, 0) is 6.42 Å². The second-order valence-electron chi connectivity index (χ2n) is 6.92. The minimum atomic E-state index is 0.114. The Bertz CT molecular complexity index is 606. The summed E-state index contributed by atoms with van der Waals surface area (Å²) in [5, 5.41) is 19.4. The fraction of sp³-hybridized carbons (Fsp3) is 0.455. The van der Waals surface area contributed by atoms with Crippen LogP contribution in [0.4, 0.5) is 0 Å². The third kappa shape index (κ3) is 7.54. The van der Waals surface area contributed by atoms with Gasteiger partial charge in [0.2, 0.25) is 0 Å². The van der Waals surface area contributed by atoms with Gasteiger partial charge < -0.3 is 10.2 Å². The summed E-state index contributed by atoms with van der Waals surface area (Å²) in [7, 11) is 0. The molecule has 0 aliphatic rings. The van der Waals surface area contributed by atoms with Crippen molar-refractivity contribution in [3.05, 3.63) is 58.2 Å². The van der Waals surface area contributed by atoms with Gasteiger partial charge in [0.15, 0.2) is 0 Å². The van der Waals surface area contributed by atoms with E-state index in [4.69, 9.17) is 0 Å². The summed E-state index contributed by atoms with van der Waals surface area (Å²) in [6, 6.07) is 3.10. The van der Waals surface area contributed by atoms with E-state index in [1.54, 1.807) is 6.07 Å². The Morgan fingerprint density at radius 3 is 2.04 bits per heavy atom. The van der Waals surface area contributed by atoms with Gasteiger partial charge >= 0.3 is 0 Å². The van der Waals surface area contributed by atoms with Crippen LogP contribution >= 0.6 is 0 Å². The molecule has 1 rings (SSSR count). The molecule has 2 N–H and O–H groups in total. The van der Waals surface area contributed by atoms with Crippen LogP contribution in [0.25, 0.3) is 0 Å². The van der Waals surface area contributed by atoms with E-state index in [9.17, 15) is 10.2 Å². The highest BCUT2D eigenvalue weighted by Crippen LogP contribution is 2.27. The molecule has 0 bridgehead atoms. The second-order valence-corrected chi connectivity index (χ2v) is 6.92. The van der Waals surface area contributed by atoms with Crippen molar-refractivity contribution in [1.82, 2.24) is 0 Å². The minimum Gasteiger partial charge on any atom is -0.508 e. The van der Waals surface area contributed by atoms with Crippen molar-refractivity contribution >= 4 is 0 Å². The lowest BCUT2D eigenvalue weighted by atomic mass is 10.0. The van der Waals surface area contributed by atoms with Gasteiger partial charge in [-0.3, -0.25) is 0 Å². The monoisotopic (exact) mass is 328 g/mol. The van der Waals surface area contributed by atoms with Gasteiger partial charge in [-0.25, -0.2) is 0 Å². The number of allylic oxidation sites excluding steroid dienone is 6. The lowest BCUT2D eigenvalue weighted by molar-refractivity contribution is 0.446. The first-order chi connectivity index (χ1) is 11.3. The molecule has 132 valence electrons. The molecule has 0 saturated heterocycles. The quantitative estimate of drug-likeness (QED) is 0.544. The first-order valence-corrected chi connectivity index (χ1v) is 8.75. The van der Waals surface area contributed by atoms with Gasteiger partial charge in [-0.1, -0.05) is 34.9 Å². The van der Waals surface area contributed by atoms with E-state index in [2.05, 4.69) is 45.9 Å². The molecule has 2 nitrogen and oxygen atoms in total. The summed E-state index contributed by atoms with van der Waals surface area (Å²) < 4.78 is 0. The normalized spacial score (nSPS) is 12.4. The number of aryl methyl sites for hydroxylation is 1. The third-order valence-corrected chi connectivity index (χ3v) is 4.21. The summed E-state index contributed by atoms with van der Waals surface area (Å²) in [4.78, 5) is 0. The van der Waals surface area contributed by atoms with Gasteiger partial charge in [0, 0.05) is 11.6 Å². The van der Waals surface area contributed by atoms with Crippen LogP contribution in [0, 0.1) is 6.92 Å². The summed E-state index contributed by atoms with van der Waals surface area (Å²) >= 11 is 0. The second kappa shape index (κ2) is 10.0. The maximum atomic E-state index is 9.95. The molecule has 0 saturated carbocycles. The molecule has 0 amide bonds. The molecule has 0 aliphatic heterocycles. The standard InChI is InChI=1S/C22H32O2/c1-16(2)8-6-9-17(3)10-7-11-18(4)12-13-21-19(5)14-20(23)15-22(21)24/h8,10,12,14-15,23-24H,6-7,9,11,13H2,1-5H3. The first kappa shape index (κ1) is 20.1. The first-order valence-electron chi connectivity index (χ1n) is 8.75. The number of hydrogen-bond donors (Lipinski definition) is 2. The molecule has 2 heteroatoms. The lowest BCUT2D eigenvalue weighted by Crippen LogP contribution is -1.90. The van der Waals surface area contributed by atoms with Crippen molar-refractivity contribution in [2.45, 2.75) is 66.7 Å². The van der Waals surface area contributed by atoms with Gasteiger partial charge in [-0.2, -0.15) is 0 Å². The molecule has 1 aromatic carbocycles. The molecule has 0 radical (unpaired) electrons. The number of phenolic OH excluding ortho intramolecular Hbond substituents is 2. The molecular formula is C22H32O2. The Labute approximate surface area is 147 Å². The largest absolute Gasteiger partial charge is 0.508 e. The zero-order valence-corrected chi connectivity index (χ0v) is 15.8. The maximum absolute atomic E-state index is 9.95.